The van der Waals surface area contributed by atoms with Crippen molar-refractivity contribution in [2.75, 3.05) is 39.3 Å². The predicted molar refractivity (Wildman–Crippen MR) is 50.3 cm³/mol. The van der Waals surface area contributed by atoms with Gasteiger partial charge < -0.3 is 5.32 Å². The molecule has 0 radical (unpaired) electrons. The molecule has 0 aliphatic carbocycles. The zero-order valence-corrected chi connectivity index (χ0v) is 7.96. The fourth-order valence-corrected chi connectivity index (χ4v) is 1.96. The lowest BCUT2D eigenvalue weighted by Crippen LogP contribution is -2.54. The quantitative estimate of drug-likeness (QED) is 0.593. The maximum absolute atomic E-state index is 11.0. The first-order chi connectivity index (χ1) is 6.36. The van der Waals surface area contributed by atoms with Crippen LogP contribution in [0.25, 0.3) is 0 Å². The highest BCUT2D eigenvalue weighted by Gasteiger charge is 2.22. The summed E-state index contributed by atoms with van der Waals surface area (Å²) in [7, 11) is 0. The molecule has 74 valence electrons. The first kappa shape index (κ1) is 9.12. The Labute approximate surface area is 78.8 Å². The number of nitrogens with one attached hydrogen (secondary N) is 1. The minimum atomic E-state index is 0.423. The summed E-state index contributed by atoms with van der Waals surface area (Å²) >= 11 is 0. The second-order valence-corrected chi connectivity index (χ2v) is 3.70. The van der Waals surface area contributed by atoms with E-state index in [1.54, 1.807) is 0 Å². The molecule has 0 atom stereocenters. The van der Waals surface area contributed by atoms with Gasteiger partial charge in [-0.05, 0) is 0 Å². The van der Waals surface area contributed by atoms with Crippen LogP contribution in [0.15, 0.2) is 0 Å². The van der Waals surface area contributed by atoms with Gasteiger partial charge in [-0.2, -0.15) is 0 Å². The molecule has 2 fully saturated rings. The Morgan fingerprint density at radius 1 is 0.923 bits per heavy atom. The molecule has 13 heavy (non-hydrogen) atoms. The van der Waals surface area contributed by atoms with Crippen LogP contribution in [-0.4, -0.2) is 55.1 Å². The van der Waals surface area contributed by atoms with Crippen molar-refractivity contribution in [2.45, 2.75) is 12.8 Å². The number of hydrazine groups is 1. The third-order valence-corrected chi connectivity index (χ3v) is 2.79. The molecule has 0 aromatic rings. The summed E-state index contributed by atoms with van der Waals surface area (Å²) < 4.78 is 0. The Hall–Kier alpha value is -0.450. The number of piperazine rings is 1. The lowest BCUT2D eigenvalue weighted by Gasteiger charge is -2.39. The number of piperidine rings is 1. The minimum Gasteiger partial charge on any atom is -0.314 e. The summed E-state index contributed by atoms with van der Waals surface area (Å²) in [6.07, 6.45) is 1.48. The summed E-state index contributed by atoms with van der Waals surface area (Å²) in [4.78, 5) is 11.0. The number of Topliss-reactive ketones (excluding diaryl/α,β-unsaturated/α-hetero) is 1. The average molecular weight is 183 g/mol. The van der Waals surface area contributed by atoms with E-state index < -0.39 is 0 Å². The highest BCUT2D eigenvalue weighted by molar-refractivity contribution is 5.79. The van der Waals surface area contributed by atoms with Crippen LogP contribution >= 0.6 is 0 Å². The third-order valence-electron chi connectivity index (χ3n) is 2.79. The molecule has 0 spiro atoms. The van der Waals surface area contributed by atoms with Crippen LogP contribution in [0.2, 0.25) is 0 Å². The normalized spacial score (nSPS) is 27.8. The molecular formula is C9H17N3O. The van der Waals surface area contributed by atoms with Crippen LogP contribution in [0.5, 0.6) is 0 Å². The maximum Gasteiger partial charge on any atom is 0.135 e. The minimum absolute atomic E-state index is 0.423. The molecule has 2 aliphatic rings. The second-order valence-electron chi connectivity index (χ2n) is 3.70. The number of nitrogens with zero attached hydrogens (tertiary/aromatic N) is 2. The number of hydrogen-bond acceptors (Lipinski definition) is 4. The molecule has 2 rings (SSSR count). The molecule has 0 unspecified atom stereocenters. The van der Waals surface area contributed by atoms with Gasteiger partial charge in [0.25, 0.3) is 0 Å². The van der Waals surface area contributed by atoms with Crippen molar-refractivity contribution in [1.29, 1.82) is 0 Å². The van der Waals surface area contributed by atoms with Gasteiger partial charge in [0.05, 0.1) is 0 Å². The first-order valence-electron chi connectivity index (χ1n) is 5.08. The van der Waals surface area contributed by atoms with Crippen molar-refractivity contribution in [3.8, 4) is 0 Å². The molecule has 2 heterocycles. The Bertz CT molecular complexity index is 179. The van der Waals surface area contributed by atoms with Crippen LogP contribution < -0.4 is 5.32 Å². The number of carbonyl (C=O) groups is 1. The van der Waals surface area contributed by atoms with Gasteiger partial charge in [-0.25, -0.2) is 10.0 Å². The van der Waals surface area contributed by atoms with Crippen LogP contribution in [0.3, 0.4) is 0 Å². The Kier molecular flexibility index (Phi) is 2.93. The lowest BCUT2D eigenvalue weighted by atomic mass is 10.1. The average Bonchev–Trinajstić information content (AvgIpc) is 2.20. The van der Waals surface area contributed by atoms with Crippen molar-refractivity contribution in [2.24, 2.45) is 0 Å². The van der Waals surface area contributed by atoms with Gasteiger partial charge >= 0.3 is 0 Å². The van der Waals surface area contributed by atoms with E-state index in [0.717, 1.165) is 52.1 Å². The second kappa shape index (κ2) is 4.17. The summed E-state index contributed by atoms with van der Waals surface area (Å²) in [6, 6.07) is 0. The zero-order chi connectivity index (χ0) is 9.10. The first-order valence-corrected chi connectivity index (χ1v) is 5.08. The van der Waals surface area contributed by atoms with Gasteiger partial charge in [-0.1, -0.05) is 0 Å². The molecule has 2 saturated heterocycles. The lowest BCUT2D eigenvalue weighted by molar-refractivity contribution is -0.127. The fourth-order valence-electron chi connectivity index (χ4n) is 1.96. The SMILES string of the molecule is O=C1CCN(N2CCNCC2)CC1. The van der Waals surface area contributed by atoms with Crippen molar-refractivity contribution in [3.63, 3.8) is 0 Å². The van der Waals surface area contributed by atoms with Crippen LogP contribution in [0.1, 0.15) is 12.8 Å². The summed E-state index contributed by atoms with van der Waals surface area (Å²) in [5, 5.41) is 8.04. The van der Waals surface area contributed by atoms with E-state index in [2.05, 4.69) is 15.3 Å². The monoisotopic (exact) mass is 183 g/mol. The maximum atomic E-state index is 11.0. The van der Waals surface area contributed by atoms with Gasteiger partial charge in [0.1, 0.15) is 5.78 Å². The summed E-state index contributed by atoms with van der Waals surface area (Å²) in [5.74, 6) is 0.423. The van der Waals surface area contributed by atoms with Crippen LogP contribution in [-0.2, 0) is 4.79 Å². The number of hydrogen-bond donors (Lipinski definition) is 1. The summed E-state index contributed by atoms with van der Waals surface area (Å²) in [5.41, 5.74) is 0. The highest BCUT2D eigenvalue weighted by Crippen LogP contribution is 2.09. The molecule has 1 N–H and O–H groups in total. The highest BCUT2D eigenvalue weighted by atomic mass is 16.1. The third kappa shape index (κ3) is 2.27. The molecule has 0 aromatic heterocycles. The molecule has 0 amide bonds. The van der Waals surface area contributed by atoms with Crippen molar-refractivity contribution < 1.29 is 4.79 Å². The van der Waals surface area contributed by atoms with E-state index in [-0.39, 0.29) is 0 Å². The van der Waals surface area contributed by atoms with Crippen molar-refractivity contribution >= 4 is 5.78 Å². The topological polar surface area (TPSA) is 35.6 Å². The van der Waals surface area contributed by atoms with E-state index in [1.165, 1.54) is 0 Å². The Morgan fingerprint density at radius 3 is 2.08 bits per heavy atom. The summed E-state index contributed by atoms with van der Waals surface area (Å²) in [6.45, 7) is 6.19. The molecule has 0 saturated carbocycles. The van der Waals surface area contributed by atoms with E-state index >= 15 is 0 Å². The van der Waals surface area contributed by atoms with E-state index in [0.29, 0.717) is 5.78 Å². The number of rotatable bonds is 1. The number of carbonyl (C=O) groups excluding carboxylic acids is 1. The van der Waals surface area contributed by atoms with E-state index in [1.807, 2.05) is 0 Å². The van der Waals surface area contributed by atoms with Crippen molar-refractivity contribution in [3.05, 3.63) is 0 Å². The van der Waals surface area contributed by atoms with Gasteiger partial charge in [-0.15, -0.1) is 0 Å². The molecular weight excluding hydrogens is 166 g/mol. The van der Waals surface area contributed by atoms with Crippen LogP contribution in [0.4, 0.5) is 0 Å². The molecule has 0 bridgehead atoms. The Balaban J connectivity index is 1.82. The standard InChI is InChI=1S/C9H17N3O/c13-9-1-5-11(6-2-9)12-7-3-10-4-8-12/h10H,1-8H2. The number of ketones is 1. The van der Waals surface area contributed by atoms with Gasteiger partial charge in [0.15, 0.2) is 0 Å². The van der Waals surface area contributed by atoms with E-state index in [4.69, 9.17) is 0 Å². The van der Waals surface area contributed by atoms with Gasteiger partial charge in [0, 0.05) is 52.1 Å². The fraction of sp³-hybridized carbons (Fsp3) is 0.889. The van der Waals surface area contributed by atoms with Crippen LogP contribution in [0, 0.1) is 0 Å². The van der Waals surface area contributed by atoms with Gasteiger partial charge in [-0.3, -0.25) is 4.79 Å². The molecule has 0 aromatic carbocycles. The Morgan fingerprint density at radius 2 is 1.46 bits per heavy atom. The largest absolute Gasteiger partial charge is 0.314 e. The predicted octanol–water partition coefficient (Wildman–Crippen LogP) is -0.528. The zero-order valence-electron chi connectivity index (χ0n) is 7.96. The molecule has 4 nitrogen and oxygen atoms in total. The van der Waals surface area contributed by atoms with Crippen molar-refractivity contribution in [1.82, 2.24) is 15.3 Å². The van der Waals surface area contributed by atoms with E-state index in [9.17, 15) is 4.79 Å². The molecule has 2 aliphatic heterocycles. The smallest absolute Gasteiger partial charge is 0.135 e. The molecule has 4 heteroatoms. The van der Waals surface area contributed by atoms with Gasteiger partial charge in [0.2, 0.25) is 0 Å².